The molecule has 0 bridgehead atoms. The molecule has 4 nitrogen and oxygen atoms in total. The fourth-order valence-corrected chi connectivity index (χ4v) is 2.26. The van der Waals surface area contributed by atoms with Crippen LogP contribution in [-0.2, 0) is 0 Å². The van der Waals surface area contributed by atoms with Crippen LogP contribution in [0.5, 0.6) is 0 Å². The van der Waals surface area contributed by atoms with Gasteiger partial charge in [0.1, 0.15) is 5.82 Å². The number of rotatable bonds is 2. The highest BCUT2D eigenvalue weighted by Crippen LogP contribution is 2.21. The number of carbonyl (C=O) groups excluding carboxylic acids is 1. The second-order valence-electron chi connectivity index (χ2n) is 4.23. The standard InChI is InChI=1S/C14H9BrFN3O/c15-11-3-1-2-10(13(11)16)14(20)18-9-4-5-12-8(6-9)7-17-19-12/h1-7H,(H,17,19)(H,18,20). The number of fused-ring (bicyclic) bond motifs is 1. The lowest BCUT2D eigenvalue weighted by molar-refractivity contribution is 0.102. The number of hydrogen-bond acceptors (Lipinski definition) is 2. The summed E-state index contributed by atoms with van der Waals surface area (Å²) in [5.74, 6) is -1.07. The molecule has 1 heterocycles. The van der Waals surface area contributed by atoms with Crippen molar-refractivity contribution in [3.63, 3.8) is 0 Å². The van der Waals surface area contributed by atoms with Crippen LogP contribution in [-0.4, -0.2) is 16.1 Å². The van der Waals surface area contributed by atoms with Crippen molar-refractivity contribution in [2.45, 2.75) is 0 Å². The number of nitrogens with one attached hydrogen (secondary N) is 2. The van der Waals surface area contributed by atoms with E-state index in [0.717, 1.165) is 10.9 Å². The van der Waals surface area contributed by atoms with E-state index in [1.54, 1.807) is 36.5 Å². The average Bonchev–Trinajstić information content (AvgIpc) is 2.89. The van der Waals surface area contributed by atoms with Gasteiger partial charge in [-0.25, -0.2) is 4.39 Å². The van der Waals surface area contributed by atoms with E-state index in [-0.39, 0.29) is 10.0 Å². The summed E-state index contributed by atoms with van der Waals surface area (Å²) in [6, 6.07) is 9.90. The summed E-state index contributed by atoms with van der Waals surface area (Å²) in [4.78, 5) is 12.1. The van der Waals surface area contributed by atoms with Gasteiger partial charge in [0, 0.05) is 11.1 Å². The Morgan fingerprint density at radius 3 is 3.00 bits per heavy atom. The van der Waals surface area contributed by atoms with Gasteiger partial charge in [0.15, 0.2) is 0 Å². The lowest BCUT2D eigenvalue weighted by Gasteiger charge is -2.07. The first-order valence-corrected chi connectivity index (χ1v) is 6.63. The molecule has 0 radical (unpaired) electrons. The quantitative estimate of drug-likeness (QED) is 0.750. The number of anilines is 1. The van der Waals surface area contributed by atoms with E-state index in [4.69, 9.17) is 0 Å². The normalized spacial score (nSPS) is 10.7. The van der Waals surface area contributed by atoms with E-state index < -0.39 is 11.7 Å². The zero-order valence-corrected chi connectivity index (χ0v) is 11.7. The molecule has 1 amide bonds. The van der Waals surface area contributed by atoms with Gasteiger partial charge >= 0.3 is 0 Å². The maximum Gasteiger partial charge on any atom is 0.258 e. The molecule has 0 aliphatic rings. The van der Waals surface area contributed by atoms with E-state index in [2.05, 4.69) is 31.4 Å². The molecule has 0 spiro atoms. The topological polar surface area (TPSA) is 57.8 Å². The second kappa shape index (κ2) is 5.05. The third kappa shape index (κ3) is 2.30. The first-order valence-electron chi connectivity index (χ1n) is 5.83. The maximum atomic E-state index is 13.8. The number of aromatic nitrogens is 2. The van der Waals surface area contributed by atoms with Crippen LogP contribution in [0.25, 0.3) is 10.9 Å². The molecule has 0 fully saturated rings. The Bertz CT molecular complexity index is 800. The van der Waals surface area contributed by atoms with E-state index in [1.807, 2.05) is 0 Å². The second-order valence-corrected chi connectivity index (χ2v) is 5.08. The lowest BCUT2D eigenvalue weighted by atomic mass is 10.2. The molecule has 3 aromatic rings. The van der Waals surface area contributed by atoms with Crippen molar-refractivity contribution in [3.8, 4) is 0 Å². The van der Waals surface area contributed by atoms with Crippen molar-refractivity contribution in [1.29, 1.82) is 0 Å². The molecule has 1 aromatic heterocycles. The molecule has 0 aliphatic carbocycles. The number of halogens is 2. The zero-order chi connectivity index (χ0) is 14.1. The minimum Gasteiger partial charge on any atom is -0.322 e. The lowest BCUT2D eigenvalue weighted by Crippen LogP contribution is -2.13. The van der Waals surface area contributed by atoms with Gasteiger partial charge < -0.3 is 5.32 Å². The number of H-pyrrole nitrogens is 1. The minimum atomic E-state index is -0.575. The largest absolute Gasteiger partial charge is 0.322 e. The third-order valence-electron chi connectivity index (χ3n) is 2.89. The summed E-state index contributed by atoms with van der Waals surface area (Å²) in [7, 11) is 0. The fourth-order valence-electron chi connectivity index (χ4n) is 1.90. The molecule has 6 heteroatoms. The van der Waals surface area contributed by atoms with Crippen molar-refractivity contribution >= 4 is 38.4 Å². The Kier molecular flexibility index (Phi) is 3.23. The predicted molar refractivity (Wildman–Crippen MR) is 78.1 cm³/mol. The third-order valence-corrected chi connectivity index (χ3v) is 3.51. The summed E-state index contributed by atoms with van der Waals surface area (Å²) in [6.07, 6.45) is 1.66. The van der Waals surface area contributed by atoms with Gasteiger partial charge in [-0.1, -0.05) is 6.07 Å². The van der Waals surface area contributed by atoms with Gasteiger partial charge in [-0.15, -0.1) is 0 Å². The van der Waals surface area contributed by atoms with Crippen LogP contribution in [0.15, 0.2) is 47.1 Å². The summed E-state index contributed by atoms with van der Waals surface area (Å²) < 4.78 is 14.1. The van der Waals surface area contributed by atoms with E-state index in [0.29, 0.717) is 5.69 Å². The van der Waals surface area contributed by atoms with Crippen LogP contribution in [0, 0.1) is 5.82 Å². The number of benzene rings is 2. The van der Waals surface area contributed by atoms with Crippen LogP contribution in [0.4, 0.5) is 10.1 Å². The monoisotopic (exact) mass is 333 g/mol. The van der Waals surface area contributed by atoms with Gasteiger partial charge in [-0.3, -0.25) is 9.89 Å². The van der Waals surface area contributed by atoms with Crippen molar-refractivity contribution in [2.24, 2.45) is 0 Å². The van der Waals surface area contributed by atoms with Gasteiger partial charge in [0.05, 0.1) is 21.7 Å². The Morgan fingerprint density at radius 1 is 1.30 bits per heavy atom. The molecule has 2 N–H and O–H groups in total. The van der Waals surface area contributed by atoms with Crippen molar-refractivity contribution < 1.29 is 9.18 Å². The molecule has 0 saturated carbocycles. The molecule has 20 heavy (non-hydrogen) atoms. The molecule has 3 rings (SSSR count). The molecule has 0 unspecified atom stereocenters. The van der Waals surface area contributed by atoms with Gasteiger partial charge in [0.2, 0.25) is 0 Å². The Morgan fingerprint density at radius 2 is 2.15 bits per heavy atom. The summed E-state index contributed by atoms with van der Waals surface area (Å²) >= 11 is 3.06. The van der Waals surface area contributed by atoms with Crippen LogP contribution in [0.1, 0.15) is 10.4 Å². The minimum absolute atomic E-state index is 0.00772. The van der Waals surface area contributed by atoms with Crippen molar-refractivity contribution in [1.82, 2.24) is 10.2 Å². The first-order chi connectivity index (χ1) is 9.65. The molecule has 0 saturated heterocycles. The summed E-state index contributed by atoms with van der Waals surface area (Å²) in [5, 5.41) is 10.3. The van der Waals surface area contributed by atoms with Crippen LogP contribution < -0.4 is 5.32 Å². The number of carbonyl (C=O) groups is 1. The van der Waals surface area contributed by atoms with Crippen LogP contribution in [0.3, 0.4) is 0 Å². The fraction of sp³-hybridized carbons (Fsp3) is 0. The molecule has 0 atom stereocenters. The highest BCUT2D eigenvalue weighted by Gasteiger charge is 2.14. The van der Waals surface area contributed by atoms with E-state index in [9.17, 15) is 9.18 Å². The Labute approximate surface area is 122 Å². The summed E-state index contributed by atoms with van der Waals surface area (Å²) in [5.41, 5.74) is 1.45. The predicted octanol–water partition coefficient (Wildman–Crippen LogP) is 3.72. The molecular weight excluding hydrogens is 325 g/mol. The number of amides is 1. The Balaban J connectivity index is 1.90. The molecule has 0 aliphatic heterocycles. The van der Waals surface area contributed by atoms with Crippen molar-refractivity contribution in [2.75, 3.05) is 5.32 Å². The van der Waals surface area contributed by atoms with Crippen LogP contribution in [0.2, 0.25) is 0 Å². The van der Waals surface area contributed by atoms with E-state index >= 15 is 0 Å². The number of hydrogen-bond donors (Lipinski definition) is 2. The number of aromatic amines is 1. The van der Waals surface area contributed by atoms with Gasteiger partial charge in [-0.2, -0.15) is 5.10 Å². The molecular formula is C14H9BrFN3O. The summed E-state index contributed by atoms with van der Waals surface area (Å²) in [6.45, 7) is 0. The smallest absolute Gasteiger partial charge is 0.258 e. The van der Waals surface area contributed by atoms with Crippen molar-refractivity contribution in [3.05, 3.63) is 58.4 Å². The van der Waals surface area contributed by atoms with Gasteiger partial charge in [-0.05, 0) is 46.3 Å². The SMILES string of the molecule is O=C(Nc1ccc2[nH]ncc2c1)c1cccc(Br)c1F. The number of nitrogens with zero attached hydrogens (tertiary/aromatic N) is 1. The Hall–Kier alpha value is -2.21. The van der Waals surface area contributed by atoms with Crippen LogP contribution >= 0.6 is 15.9 Å². The first kappa shape index (κ1) is 12.8. The average molecular weight is 334 g/mol. The highest BCUT2D eigenvalue weighted by atomic mass is 79.9. The zero-order valence-electron chi connectivity index (χ0n) is 10.2. The highest BCUT2D eigenvalue weighted by molar-refractivity contribution is 9.10. The van der Waals surface area contributed by atoms with E-state index in [1.165, 1.54) is 6.07 Å². The van der Waals surface area contributed by atoms with Gasteiger partial charge in [0.25, 0.3) is 5.91 Å². The maximum absolute atomic E-state index is 13.8. The molecule has 2 aromatic carbocycles. The molecule has 100 valence electrons.